The van der Waals surface area contributed by atoms with Crippen LogP contribution in [0.5, 0.6) is 0 Å². The van der Waals surface area contributed by atoms with Crippen LogP contribution in [0.1, 0.15) is 32.6 Å². The maximum atomic E-state index is 9.61. The Labute approximate surface area is 104 Å². The molecule has 0 aliphatic rings. The molecule has 0 aliphatic heterocycles. The summed E-state index contributed by atoms with van der Waals surface area (Å²) < 4.78 is 0. The maximum Gasteiger partial charge on any atom is 0.0836 e. The summed E-state index contributed by atoms with van der Waals surface area (Å²) in [5.41, 5.74) is 0. The normalized spacial score (nSPS) is 15.6. The molecular weight excluding hydrogens is 212 g/mol. The minimum atomic E-state index is -0.754. The minimum Gasteiger partial charge on any atom is -0.390 e. The molecule has 2 nitrogen and oxygen atoms in total. The van der Waals surface area contributed by atoms with E-state index in [2.05, 4.69) is 25.0 Å². The minimum absolute atomic E-state index is 0.384. The van der Waals surface area contributed by atoms with E-state index in [4.69, 9.17) is 6.42 Å². The van der Waals surface area contributed by atoms with Crippen molar-refractivity contribution in [3.63, 3.8) is 0 Å². The molecule has 17 heavy (non-hydrogen) atoms. The van der Waals surface area contributed by atoms with Gasteiger partial charge in [-0.3, -0.25) is 0 Å². The average molecular weight is 234 g/mol. The van der Waals surface area contributed by atoms with Gasteiger partial charge in [-0.25, -0.2) is 0 Å². The fourth-order valence-corrected chi connectivity index (χ4v) is 1.26. The van der Waals surface area contributed by atoms with E-state index in [1.165, 1.54) is 6.08 Å². The van der Waals surface area contributed by atoms with Crippen molar-refractivity contribution in [3.05, 3.63) is 36.5 Å². The summed E-state index contributed by atoms with van der Waals surface area (Å²) >= 11 is 0. The standard InChI is InChI=1S/C15H22O2/c1-3-5-7-8-9-11-13-15(17)14(16)12-10-6-4-2/h2,5-7,9-11,14-17H,3,8,12-13H2,1H3/b7-5+,10-6+,11-9-/t14-,15-/m1/s1. The third-order valence-corrected chi connectivity index (χ3v) is 2.25. The van der Waals surface area contributed by atoms with Crippen LogP contribution in [0.4, 0.5) is 0 Å². The highest BCUT2D eigenvalue weighted by Crippen LogP contribution is 2.05. The fraction of sp³-hybridized carbons (Fsp3) is 0.467. The molecule has 0 heterocycles. The lowest BCUT2D eigenvalue weighted by atomic mass is 10.1. The first-order valence-electron chi connectivity index (χ1n) is 5.99. The highest BCUT2D eigenvalue weighted by molar-refractivity contribution is 5.09. The van der Waals surface area contributed by atoms with Gasteiger partial charge in [0.15, 0.2) is 0 Å². The molecular formula is C15H22O2. The van der Waals surface area contributed by atoms with Crippen molar-refractivity contribution in [1.29, 1.82) is 0 Å². The topological polar surface area (TPSA) is 40.5 Å². The Morgan fingerprint density at radius 2 is 1.59 bits per heavy atom. The van der Waals surface area contributed by atoms with Crippen LogP contribution < -0.4 is 0 Å². The molecule has 2 heteroatoms. The van der Waals surface area contributed by atoms with Gasteiger partial charge in [0.2, 0.25) is 0 Å². The average Bonchev–Trinajstić information content (AvgIpc) is 2.33. The molecule has 0 rings (SSSR count). The predicted octanol–water partition coefficient (Wildman–Crippen LogP) is 2.59. The number of terminal acetylenes is 1. The molecule has 2 atom stereocenters. The number of aliphatic hydroxyl groups is 2. The first-order valence-corrected chi connectivity index (χ1v) is 5.99. The Kier molecular flexibility index (Phi) is 10.3. The van der Waals surface area contributed by atoms with Gasteiger partial charge < -0.3 is 10.2 Å². The van der Waals surface area contributed by atoms with Crippen molar-refractivity contribution >= 4 is 0 Å². The van der Waals surface area contributed by atoms with Gasteiger partial charge in [0, 0.05) is 0 Å². The summed E-state index contributed by atoms with van der Waals surface area (Å²) in [5.74, 6) is 2.34. The van der Waals surface area contributed by atoms with Crippen molar-refractivity contribution in [1.82, 2.24) is 0 Å². The van der Waals surface area contributed by atoms with Gasteiger partial charge >= 0.3 is 0 Å². The van der Waals surface area contributed by atoms with E-state index in [-0.39, 0.29) is 0 Å². The van der Waals surface area contributed by atoms with Crippen molar-refractivity contribution in [2.45, 2.75) is 44.8 Å². The highest BCUT2D eigenvalue weighted by atomic mass is 16.3. The van der Waals surface area contributed by atoms with Crippen LogP contribution in [-0.2, 0) is 0 Å². The summed E-state index contributed by atoms with van der Waals surface area (Å²) in [6.07, 6.45) is 17.6. The van der Waals surface area contributed by atoms with Gasteiger partial charge in [-0.2, -0.15) is 0 Å². The lowest BCUT2D eigenvalue weighted by molar-refractivity contribution is 0.0238. The molecule has 0 aromatic heterocycles. The van der Waals surface area contributed by atoms with Crippen LogP contribution in [0, 0.1) is 12.3 Å². The van der Waals surface area contributed by atoms with Crippen LogP contribution in [0.25, 0.3) is 0 Å². The molecule has 0 saturated carbocycles. The van der Waals surface area contributed by atoms with Crippen LogP contribution in [-0.4, -0.2) is 22.4 Å². The highest BCUT2D eigenvalue weighted by Gasteiger charge is 2.12. The summed E-state index contributed by atoms with van der Waals surface area (Å²) in [7, 11) is 0. The zero-order valence-electron chi connectivity index (χ0n) is 10.4. The van der Waals surface area contributed by atoms with E-state index in [1.807, 2.05) is 12.2 Å². The smallest absolute Gasteiger partial charge is 0.0836 e. The summed E-state index contributed by atoms with van der Waals surface area (Å²) in [6.45, 7) is 2.09. The van der Waals surface area contributed by atoms with E-state index in [1.54, 1.807) is 6.08 Å². The molecule has 0 bridgehead atoms. The van der Waals surface area contributed by atoms with E-state index >= 15 is 0 Å². The van der Waals surface area contributed by atoms with Gasteiger partial charge in [0.05, 0.1) is 12.2 Å². The second kappa shape index (κ2) is 11.2. The van der Waals surface area contributed by atoms with E-state index in [0.29, 0.717) is 12.8 Å². The van der Waals surface area contributed by atoms with Crippen LogP contribution in [0.2, 0.25) is 0 Å². The SMILES string of the molecule is C#C/C=C/C[C@@H](O)[C@H](O)C/C=C\C/C=C/CC. The van der Waals surface area contributed by atoms with Crippen molar-refractivity contribution in [3.8, 4) is 12.3 Å². The first-order chi connectivity index (χ1) is 8.22. The number of aliphatic hydroxyl groups excluding tert-OH is 2. The van der Waals surface area contributed by atoms with E-state index in [9.17, 15) is 10.2 Å². The Balaban J connectivity index is 3.77. The Hall–Kier alpha value is -1.30. The summed E-state index contributed by atoms with van der Waals surface area (Å²) in [5, 5.41) is 19.2. The molecule has 0 aliphatic carbocycles. The van der Waals surface area contributed by atoms with E-state index in [0.717, 1.165) is 12.8 Å². The van der Waals surface area contributed by atoms with Crippen LogP contribution >= 0.6 is 0 Å². The quantitative estimate of drug-likeness (QED) is 0.500. The van der Waals surface area contributed by atoms with Crippen LogP contribution in [0.15, 0.2) is 36.5 Å². The Bertz CT molecular complexity index is 295. The molecule has 0 saturated heterocycles. The molecule has 2 N–H and O–H groups in total. The number of rotatable bonds is 8. The van der Waals surface area contributed by atoms with Gasteiger partial charge in [0.1, 0.15) is 0 Å². The lowest BCUT2D eigenvalue weighted by Crippen LogP contribution is -2.24. The Morgan fingerprint density at radius 3 is 2.18 bits per heavy atom. The predicted molar refractivity (Wildman–Crippen MR) is 72.4 cm³/mol. The summed E-state index contributed by atoms with van der Waals surface area (Å²) in [6, 6.07) is 0. The second-order valence-corrected chi connectivity index (χ2v) is 3.76. The van der Waals surface area contributed by atoms with Crippen LogP contribution in [0.3, 0.4) is 0 Å². The van der Waals surface area contributed by atoms with Gasteiger partial charge in [0.25, 0.3) is 0 Å². The molecule has 0 fully saturated rings. The van der Waals surface area contributed by atoms with Gasteiger partial charge in [-0.15, -0.1) is 6.42 Å². The van der Waals surface area contributed by atoms with Gasteiger partial charge in [-0.05, 0) is 31.8 Å². The third kappa shape index (κ3) is 9.62. The second-order valence-electron chi connectivity index (χ2n) is 3.76. The van der Waals surface area contributed by atoms with Gasteiger partial charge in [-0.1, -0.05) is 43.2 Å². The fourth-order valence-electron chi connectivity index (χ4n) is 1.26. The first kappa shape index (κ1) is 15.7. The zero-order valence-corrected chi connectivity index (χ0v) is 10.4. The molecule has 0 unspecified atom stereocenters. The monoisotopic (exact) mass is 234 g/mol. The number of allylic oxidation sites excluding steroid dienone is 4. The van der Waals surface area contributed by atoms with Crippen molar-refractivity contribution in [2.75, 3.05) is 0 Å². The number of hydrogen-bond donors (Lipinski definition) is 2. The molecule has 94 valence electrons. The molecule has 0 amide bonds. The third-order valence-electron chi connectivity index (χ3n) is 2.25. The largest absolute Gasteiger partial charge is 0.390 e. The summed E-state index contributed by atoms with van der Waals surface area (Å²) in [4.78, 5) is 0. The maximum absolute atomic E-state index is 9.61. The van der Waals surface area contributed by atoms with Crippen molar-refractivity contribution < 1.29 is 10.2 Å². The number of hydrogen-bond acceptors (Lipinski definition) is 2. The molecule has 0 aromatic carbocycles. The zero-order chi connectivity index (χ0) is 12.9. The molecule has 0 aromatic rings. The molecule has 0 radical (unpaired) electrons. The lowest BCUT2D eigenvalue weighted by Gasteiger charge is -2.13. The van der Waals surface area contributed by atoms with Crippen molar-refractivity contribution in [2.24, 2.45) is 0 Å². The molecule has 0 spiro atoms. The Morgan fingerprint density at radius 1 is 1.00 bits per heavy atom. The van der Waals surface area contributed by atoms with E-state index < -0.39 is 12.2 Å².